The minimum Gasteiger partial charge on any atom is -0.543 e. The van der Waals surface area contributed by atoms with Gasteiger partial charge in [0.2, 0.25) is 8.32 Å². The number of methoxy groups -OCH3 is 2. The molecule has 0 bridgehead atoms. The second-order valence-electron chi connectivity index (χ2n) is 8.44. The number of rotatable bonds is 14. The topological polar surface area (TPSA) is 75.6 Å². The number of hydrogen-bond donors (Lipinski definition) is 1. The summed E-state index contributed by atoms with van der Waals surface area (Å²) in [5.41, 5.74) is 0.603. The van der Waals surface area contributed by atoms with Gasteiger partial charge in [-0.1, -0.05) is 26.8 Å². The van der Waals surface area contributed by atoms with Crippen LogP contribution >= 0.6 is 0 Å². The van der Waals surface area contributed by atoms with Gasteiger partial charge in [0.15, 0.2) is 6.79 Å². The Morgan fingerprint density at radius 1 is 1.10 bits per heavy atom. The molecule has 0 spiro atoms. The summed E-state index contributed by atoms with van der Waals surface area (Å²) in [6.45, 7) is 15.6. The molecule has 30 heavy (non-hydrogen) atoms. The fourth-order valence-electron chi connectivity index (χ4n) is 2.29. The summed E-state index contributed by atoms with van der Waals surface area (Å²) in [6.07, 6.45) is -0.0969. The molecule has 0 radical (unpaired) electrons. The Labute approximate surface area is 182 Å². The van der Waals surface area contributed by atoms with Crippen molar-refractivity contribution in [3.05, 3.63) is 36.4 Å². The quantitative estimate of drug-likeness (QED) is 0.199. The van der Waals surface area contributed by atoms with E-state index in [1.807, 2.05) is 0 Å². The van der Waals surface area contributed by atoms with Gasteiger partial charge in [0.1, 0.15) is 30.5 Å². The third-order valence-electron chi connectivity index (χ3n) is 5.14. The molecule has 0 amide bonds. The molecule has 0 aromatic heterocycles. The average Bonchev–Trinajstić information content (AvgIpc) is 2.67. The van der Waals surface area contributed by atoms with Gasteiger partial charge in [0.25, 0.3) is 0 Å². The van der Waals surface area contributed by atoms with Crippen molar-refractivity contribution in [2.75, 3.05) is 41.0 Å². The van der Waals surface area contributed by atoms with Gasteiger partial charge in [-0.2, -0.15) is 0 Å². The van der Waals surface area contributed by atoms with Crippen molar-refractivity contribution in [1.82, 2.24) is 0 Å². The largest absolute Gasteiger partial charge is 0.543 e. The van der Waals surface area contributed by atoms with Gasteiger partial charge in [-0.3, -0.25) is 0 Å². The molecule has 0 saturated carbocycles. The second-order valence-corrected chi connectivity index (χ2v) is 13.2. The molecule has 2 atom stereocenters. The van der Waals surface area contributed by atoms with E-state index >= 15 is 0 Å². The Morgan fingerprint density at radius 3 is 2.37 bits per heavy atom. The molecule has 1 rings (SSSR count). The highest BCUT2D eigenvalue weighted by Gasteiger charge is 2.40. The van der Waals surface area contributed by atoms with E-state index in [1.165, 1.54) is 0 Å². The molecule has 1 aromatic carbocycles. The van der Waals surface area contributed by atoms with Crippen LogP contribution in [0.25, 0.3) is 0 Å². The van der Waals surface area contributed by atoms with Crippen molar-refractivity contribution in [2.45, 2.75) is 51.1 Å². The summed E-state index contributed by atoms with van der Waals surface area (Å²) < 4.78 is 33.0. The molecule has 0 unspecified atom stereocenters. The molecular weight excluding hydrogens is 404 g/mol. The maximum absolute atomic E-state index is 11.0. The lowest BCUT2D eigenvalue weighted by atomic mass is 10.0. The highest BCUT2D eigenvalue weighted by molar-refractivity contribution is 6.74. The van der Waals surface area contributed by atoms with Crippen LogP contribution in [-0.2, 0) is 18.9 Å². The van der Waals surface area contributed by atoms with E-state index in [0.29, 0.717) is 30.3 Å². The molecule has 0 heterocycles. The SMILES string of the molecule is C=C[C@H](OCOCCOC)[C@@H](O)c1ccc(OCOC)cc1O[Si](C)(C)C(C)(C)C. The third kappa shape index (κ3) is 8.01. The van der Waals surface area contributed by atoms with Crippen LogP contribution in [0.2, 0.25) is 18.1 Å². The van der Waals surface area contributed by atoms with Gasteiger partial charge in [-0.05, 0) is 30.3 Å². The summed E-state index contributed by atoms with van der Waals surface area (Å²) in [6, 6.07) is 5.34. The predicted molar refractivity (Wildman–Crippen MR) is 119 cm³/mol. The van der Waals surface area contributed by atoms with E-state index in [9.17, 15) is 5.11 Å². The number of aliphatic hydroxyl groups is 1. The van der Waals surface area contributed by atoms with E-state index in [-0.39, 0.29) is 18.6 Å². The highest BCUT2D eigenvalue weighted by atomic mass is 28.4. The molecule has 1 N–H and O–H groups in total. The van der Waals surface area contributed by atoms with Gasteiger partial charge in [-0.15, -0.1) is 6.58 Å². The Balaban J connectivity index is 3.10. The first kappa shape index (κ1) is 26.6. The zero-order valence-electron chi connectivity index (χ0n) is 19.4. The lowest BCUT2D eigenvalue weighted by molar-refractivity contribution is -0.114. The van der Waals surface area contributed by atoms with Gasteiger partial charge in [0.05, 0.1) is 13.2 Å². The maximum Gasteiger partial charge on any atom is 0.250 e. The smallest absolute Gasteiger partial charge is 0.250 e. The molecule has 0 aliphatic heterocycles. The van der Waals surface area contributed by atoms with Gasteiger partial charge in [-0.25, -0.2) is 0 Å². The highest BCUT2D eigenvalue weighted by Crippen LogP contribution is 2.41. The Hall–Kier alpha value is -1.42. The van der Waals surface area contributed by atoms with Crippen LogP contribution in [0.4, 0.5) is 0 Å². The summed E-state index contributed by atoms with van der Waals surface area (Å²) in [5.74, 6) is 1.17. The lowest BCUT2D eigenvalue weighted by Crippen LogP contribution is -2.44. The van der Waals surface area contributed by atoms with Crippen molar-refractivity contribution in [3.8, 4) is 11.5 Å². The first-order valence-electron chi connectivity index (χ1n) is 10.0. The molecule has 0 fully saturated rings. The normalized spacial score (nSPS) is 14.3. The minimum absolute atomic E-state index is 0.0118. The van der Waals surface area contributed by atoms with E-state index < -0.39 is 20.5 Å². The van der Waals surface area contributed by atoms with E-state index in [2.05, 4.69) is 40.4 Å². The number of benzene rings is 1. The fraction of sp³-hybridized carbons (Fsp3) is 0.636. The first-order valence-corrected chi connectivity index (χ1v) is 12.9. The van der Waals surface area contributed by atoms with Crippen molar-refractivity contribution >= 4 is 8.32 Å². The van der Waals surface area contributed by atoms with Crippen molar-refractivity contribution in [2.24, 2.45) is 0 Å². The molecule has 0 aliphatic rings. The summed E-state index contributed by atoms with van der Waals surface area (Å²) in [7, 11) is 0.997. The molecule has 7 nitrogen and oxygen atoms in total. The average molecular weight is 443 g/mol. The van der Waals surface area contributed by atoms with Gasteiger partial charge in [0, 0.05) is 25.8 Å². The summed E-state index contributed by atoms with van der Waals surface area (Å²) in [4.78, 5) is 0. The summed E-state index contributed by atoms with van der Waals surface area (Å²) in [5, 5.41) is 11.0. The molecule has 172 valence electrons. The first-order chi connectivity index (χ1) is 14.1. The van der Waals surface area contributed by atoms with Crippen molar-refractivity contribution < 1.29 is 33.2 Å². The van der Waals surface area contributed by atoms with Gasteiger partial charge < -0.3 is 33.2 Å². The third-order valence-corrected chi connectivity index (χ3v) is 9.48. The van der Waals surface area contributed by atoms with Crippen LogP contribution in [0.15, 0.2) is 30.9 Å². The molecular formula is C22H38O7Si. The lowest BCUT2D eigenvalue weighted by Gasteiger charge is -2.37. The van der Waals surface area contributed by atoms with Crippen molar-refractivity contribution in [1.29, 1.82) is 0 Å². The predicted octanol–water partition coefficient (Wildman–Crippen LogP) is 4.28. The van der Waals surface area contributed by atoms with Crippen LogP contribution in [0.3, 0.4) is 0 Å². The molecule has 0 saturated heterocycles. The minimum atomic E-state index is -2.17. The van der Waals surface area contributed by atoms with Crippen LogP contribution < -0.4 is 9.16 Å². The number of ether oxygens (including phenoxy) is 5. The molecule has 0 aliphatic carbocycles. The van der Waals surface area contributed by atoms with E-state index in [0.717, 1.165) is 0 Å². The second kappa shape index (κ2) is 12.4. The number of aliphatic hydroxyl groups excluding tert-OH is 1. The zero-order valence-corrected chi connectivity index (χ0v) is 20.4. The number of hydrogen-bond acceptors (Lipinski definition) is 7. The fourth-order valence-corrected chi connectivity index (χ4v) is 3.32. The van der Waals surface area contributed by atoms with Gasteiger partial charge >= 0.3 is 0 Å². The van der Waals surface area contributed by atoms with E-state index in [4.69, 9.17) is 28.1 Å². The monoisotopic (exact) mass is 442 g/mol. The molecule has 8 heteroatoms. The maximum atomic E-state index is 11.0. The summed E-state index contributed by atoms with van der Waals surface area (Å²) >= 11 is 0. The molecule has 1 aromatic rings. The van der Waals surface area contributed by atoms with Crippen molar-refractivity contribution in [3.63, 3.8) is 0 Å². The van der Waals surface area contributed by atoms with Crippen LogP contribution in [0, 0.1) is 0 Å². The van der Waals surface area contributed by atoms with Crippen LogP contribution in [0.5, 0.6) is 11.5 Å². The van der Waals surface area contributed by atoms with Crippen LogP contribution in [-0.4, -0.2) is 60.5 Å². The Bertz CT molecular complexity index is 643. The van der Waals surface area contributed by atoms with Crippen LogP contribution in [0.1, 0.15) is 32.4 Å². The zero-order chi connectivity index (χ0) is 22.8. The van der Waals surface area contributed by atoms with E-state index in [1.54, 1.807) is 38.5 Å². The standard InChI is InChI=1S/C22H38O7Si/c1-9-19(28-16-26-13-12-24-5)21(23)18-11-10-17(27-15-25-6)14-20(18)29-30(7,8)22(2,3)4/h9-11,14,19,21,23H,1,12-13,15-16H2,2-8H3/t19-,21-/m0/s1. The Kier molecular flexibility index (Phi) is 11.0. The Morgan fingerprint density at radius 2 is 1.80 bits per heavy atom.